The fourth-order valence-corrected chi connectivity index (χ4v) is 8.25. The van der Waals surface area contributed by atoms with Crippen LogP contribution in [-0.4, -0.2) is 23.1 Å². The molecule has 0 amide bonds. The lowest BCUT2D eigenvalue weighted by Gasteiger charge is -2.36. The van der Waals surface area contributed by atoms with Gasteiger partial charge in [0.25, 0.3) is 0 Å². The molecule has 1 unspecified atom stereocenters. The van der Waals surface area contributed by atoms with Gasteiger partial charge in [0.15, 0.2) is 6.29 Å². The van der Waals surface area contributed by atoms with Crippen molar-refractivity contribution in [1.29, 1.82) is 0 Å². The summed E-state index contributed by atoms with van der Waals surface area (Å²) in [4.78, 5) is 2.39. The highest BCUT2D eigenvalue weighted by molar-refractivity contribution is 7.26. The minimum Gasteiger partial charge on any atom is -0.352 e. The average Bonchev–Trinajstić information content (AvgIpc) is 3.65. The zero-order chi connectivity index (χ0) is 29.9. The van der Waals surface area contributed by atoms with Crippen molar-refractivity contribution >= 4 is 59.0 Å². The van der Waals surface area contributed by atoms with E-state index < -0.39 is 0 Å². The maximum Gasteiger partial charge on any atom is 0.162 e. The number of hydrogen-bond donors (Lipinski definition) is 1. The van der Waals surface area contributed by atoms with Crippen molar-refractivity contribution in [1.82, 2.24) is 14.8 Å². The highest BCUT2D eigenvalue weighted by Crippen LogP contribution is 2.43. The van der Waals surface area contributed by atoms with Gasteiger partial charge in [0, 0.05) is 43.2 Å². The van der Waals surface area contributed by atoms with Crippen LogP contribution in [0.5, 0.6) is 0 Å². The number of thiophene rings is 1. The van der Waals surface area contributed by atoms with Crippen molar-refractivity contribution in [2.45, 2.75) is 6.29 Å². The first-order chi connectivity index (χ1) is 22.2. The summed E-state index contributed by atoms with van der Waals surface area (Å²) in [7, 11) is 2.20. The van der Waals surface area contributed by atoms with E-state index in [1.54, 1.807) is 0 Å². The van der Waals surface area contributed by atoms with Crippen LogP contribution >= 0.6 is 11.3 Å². The number of benzene rings is 6. The molecule has 2 aromatic heterocycles. The summed E-state index contributed by atoms with van der Waals surface area (Å²) in [5.74, 6) is 0. The molecule has 1 N–H and O–H groups in total. The molecule has 0 radical (unpaired) electrons. The van der Waals surface area contributed by atoms with Crippen LogP contribution in [0.2, 0.25) is 0 Å². The average molecular weight is 598 g/mol. The van der Waals surface area contributed by atoms with Crippen LogP contribution in [0.3, 0.4) is 0 Å². The molecule has 1 atom stereocenters. The third-order valence-corrected chi connectivity index (χ3v) is 10.5. The molecule has 3 heterocycles. The summed E-state index contributed by atoms with van der Waals surface area (Å²) in [6.45, 7) is 0.849. The van der Waals surface area contributed by atoms with Gasteiger partial charge < -0.3 is 9.88 Å². The molecule has 4 heteroatoms. The summed E-state index contributed by atoms with van der Waals surface area (Å²) in [6, 6.07) is 50.6. The van der Waals surface area contributed by atoms with Crippen molar-refractivity contribution in [2.24, 2.45) is 0 Å². The number of nitrogens with zero attached hydrogens (tertiary/aromatic N) is 2. The lowest BCUT2D eigenvalue weighted by atomic mass is 9.98. The van der Waals surface area contributed by atoms with Crippen LogP contribution in [0.1, 0.15) is 11.9 Å². The summed E-state index contributed by atoms with van der Waals surface area (Å²) in [6.07, 6.45) is 2.28. The van der Waals surface area contributed by atoms with Gasteiger partial charge in [-0.3, -0.25) is 4.90 Å². The Morgan fingerprint density at radius 1 is 0.578 bits per heavy atom. The number of nitrogens with one attached hydrogen (secondary N) is 1. The van der Waals surface area contributed by atoms with E-state index in [0.717, 1.165) is 12.2 Å². The summed E-state index contributed by atoms with van der Waals surface area (Å²) in [5, 5.41) is 9.27. The molecule has 0 bridgehead atoms. The molecule has 0 fully saturated rings. The second-order valence-corrected chi connectivity index (χ2v) is 13.0. The molecule has 9 rings (SSSR count). The number of likely N-dealkylation sites (N-methyl/N-ethyl adjacent to an activating group) is 1. The van der Waals surface area contributed by atoms with Gasteiger partial charge in [-0.2, -0.15) is 0 Å². The molecule has 45 heavy (non-hydrogen) atoms. The van der Waals surface area contributed by atoms with Crippen molar-refractivity contribution in [2.75, 3.05) is 13.6 Å². The molecule has 8 aromatic rings. The van der Waals surface area contributed by atoms with Crippen LogP contribution in [0.25, 0.3) is 69.9 Å². The van der Waals surface area contributed by atoms with E-state index in [0.29, 0.717) is 0 Å². The lowest BCUT2D eigenvalue weighted by Crippen LogP contribution is -2.42. The first-order valence-corrected chi connectivity index (χ1v) is 16.3. The molecular formula is C41H31N3S. The molecule has 1 aliphatic heterocycles. The Bertz CT molecular complexity index is 2400. The molecule has 0 spiro atoms. The topological polar surface area (TPSA) is 20.2 Å². The van der Waals surface area contributed by atoms with Gasteiger partial charge in [-0.05, 0) is 65.2 Å². The third kappa shape index (κ3) is 4.29. The zero-order valence-corrected chi connectivity index (χ0v) is 25.8. The van der Waals surface area contributed by atoms with Crippen molar-refractivity contribution < 1.29 is 0 Å². The Labute approximate surface area is 266 Å². The molecule has 6 aromatic carbocycles. The van der Waals surface area contributed by atoms with E-state index in [1.165, 1.54) is 69.8 Å². The molecule has 0 saturated carbocycles. The van der Waals surface area contributed by atoms with Gasteiger partial charge in [0.1, 0.15) is 0 Å². The number of rotatable bonds is 4. The molecular weight excluding hydrogens is 567 g/mol. The molecule has 216 valence electrons. The zero-order valence-electron chi connectivity index (χ0n) is 24.9. The predicted octanol–water partition coefficient (Wildman–Crippen LogP) is 10.5. The molecule has 3 nitrogen and oxygen atoms in total. The Balaban J connectivity index is 1.11. The predicted molar refractivity (Wildman–Crippen MR) is 192 cm³/mol. The van der Waals surface area contributed by atoms with Gasteiger partial charge in [0.2, 0.25) is 0 Å². The lowest BCUT2D eigenvalue weighted by molar-refractivity contribution is 0.175. The molecule has 1 aliphatic rings. The summed E-state index contributed by atoms with van der Waals surface area (Å²) < 4.78 is 5.20. The Morgan fingerprint density at radius 3 is 2.09 bits per heavy atom. The Hall–Kier alpha value is -5.16. The van der Waals surface area contributed by atoms with Gasteiger partial charge in [-0.25, -0.2) is 0 Å². The smallest absolute Gasteiger partial charge is 0.162 e. The van der Waals surface area contributed by atoms with Crippen LogP contribution < -0.4 is 5.32 Å². The maximum atomic E-state index is 3.94. The minimum atomic E-state index is -0.0342. The Kier molecular flexibility index (Phi) is 6.12. The fraction of sp³-hybridized carbons (Fsp3) is 0.0732. The van der Waals surface area contributed by atoms with E-state index in [1.807, 2.05) is 11.3 Å². The number of fused-ring (bicyclic) bond motifs is 7. The van der Waals surface area contributed by atoms with E-state index in [-0.39, 0.29) is 6.29 Å². The molecule has 0 saturated heterocycles. The highest BCUT2D eigenvalue weighted by Gasteiger charge is 2.26. The second kappa shape index (κ2) is 10.5. The highest BCUT2D eigenvalue weighted by atomic mass is 32.1. The number of para-hydroxylation sites is 1. The standard InChI is InChI=1S/C41H31N3S/c1-43-25-24-35(31-13-9-12-30(26-31)29-20-18-28(19-21-29)27-10-3-2-4-11-27)42-41(43)44-36-16-7-5-15-34(36)39-37(44)23-22-33-32-14-6-8-17-38(32)45-40(33)39/h2-24,26,41-42H,25H2,1H3. The van der Waals surface area contributed by atoms with E-state index in [2.05, 4.69) is 167 Å². The molecule has 0 aliphatic carbocycles. The van der Waals surface area contributed by atoms with Crippen LogP contribution in [0.15, 0.2) is 146 Å². The fourth-order valence-electron chi connectivity index (χ4n) is 6.99. The summed E-state index contributed by atoms with van der Waals surface area (Å²) in [5.41, 5.74) is 9.77. The van der Waals surface area contributed by atoms with E-state index >= 15 is 0 Å². The van der Waals surface area contributed by atoms with Gasteiger partial charge >= 0.3 is 0 Å². The van der Waals surface area contributed by atoms with Crippen LogP contribution in [0.4, 0.5) is 0 Å². The normalized spacial score (nSPS) is 15.6. The monoisotopic (exact) mass is 597 g/mol. The van der Waals surface area contributed by atoms with Gasteiger partial charge in [-0.1, -0.05) is 115 Å². The van der Waals surface area contributed by atoms with Gasteiger partial charge in [-0.15, -0.1) is 11.3 Å². The maximum absolute atomic E-state index is 3.94. The number of hydrogen-bond acceptors (Lipinski definition) is 3. The minimum absolute atomic E-state index is 0.0342. The third-order valence-electron chi connectivity index (χ3n) is 9.25. The second-order valence-electron chi connectivity index (χ2n) is 11.9. The summed E-state index contributed by atoms with van der Waals surface area (Å²) >= 11 is 1.90. The first kappa shape index (κ1) is 26.3. The largest absolute Gasteiger partial charge is 0.352 e. The Morgan fingerprint density at radius 2 is 1.24 bits per heavy atom. The van der Waals surface area contributed by atoms with Crippen molar-refractivity contribution in [3.63, 3.8) is 0 Å². The van der Waals surface area contributed by atoms with E-state index in [4.69, 9.17) is 0 Å². The van der Waals surface area contributed by atoms with E-state index in [9.17, 15) is 0 Å². The SMILES string of the molecule is CN1CC=C(c2cccc(-c3ccc(-c4ccccc4)cc3)c2)NC1n1c2ccccc2c2c3sc4ccccc4c3ccc21. The van der Waals surface area contributed by atoms with Gasteiger partial charge in [0.05, 0.1) is 11.0 Å². The first-order valence-electron chi connectivity index (χ1n) is 15.5. The van der Waals surface area contributed by atoms with Crippen LogP contribution in [-0.2, 0) is 0 Å². The van der Waals surface area contributed by atoms with Crippen LogP contribution in [0, 0.1) is 0 Å². The van der Waals surface area contributed by atoms with Crippen molar-refractivity contribution in [3.05, 3.63) is 151 Å². The number of aromatic nitrogens is 1. The van der Waals surface area contributed by atoms with Crippen molar-refractivity contribution in [3.8, 4) is 22.3 Å². The quantitative estimate of drug-likeness (QED) is 0.218.